The third-order valence-corrected chi connectivity index (χ3v) is 3.25. The number of hydrogen-bond acceptors (Lipinski definition) is 3. The number of fused-ring (bicyclic) bond motifs is 1. The molecule has 0 spiro atoms. The predicted molar refractivity (Wildman–Crippen MR) is 69.1 cm³/mol. The first kappa shape index (κ1) is 13.4. The number of rotatable bonds is 4. The second kappa shape index (κ2) is 5.30. The second-order valence-corrected chi connectivity index (χ2v) is 4.97. The molecule has 0 aromatic heterocycles. The molecule has 102 valence electrons. The minimum atomic E-state index is -1.02. The van der Waals surface area contributed by atoms with Crippen LogP contribution in [0.1, 0.15) is 25.3 Å². The molecule has 1 heterocycles. The van der Waals surface area contributed by atoms with E-state index in [0.717, 1.165) is 5.56 Å². The molecule has 0 saturated heterocycles. The maximum absolute atomic E-state index is 12.2. The topological polar surface area (TPSA) is 75.6 Å². The largest absolute Gasteiger partial charge is 0.492 e. The van der Waals surface area contributed by atoms with E-state index in [9.17, 15) is 9.59 Å². The molecule has 1 aromatic carbocycles. The van der Waals surface area contributed by atoms with Crippen LogP contribution < -0.4 is 10.1 Å². The number of carboxylic acid groups (broad SMARTS) is 1. The van der Waals surface area contributed by atoms with Gasteiger partial charge in [-0.2, -0.15) is 0 Å². The predicted octanol–water partition coefficient (Wildman–Crippen LogP) is 1.39. The van der Waals surface area contributed by atoms with Gasteiger partial charge in [0.1, 0.15) is 24.3 Å². The van der Waals surface area contributed by atoms with Gasteiger partial charge < -0.3 is 15.2 Å². The van der Waals surface area contributed by atoms with Crippen LogP contribution in [0.5, 0.6) is 5.75 Å². The van der Waals surface area contributed by atoms with Crippen LogP contribution in [-0.4, -0.2) is 29.6 Å². The van der Waals surface area contributed by atoms with Gasteiger partial charge in [-0.05, 0) is 12.0 Å². The van der Waals surface area contributed by atoms with Gasteiger partial charge >= 0.3 is 5.97 Å². The van der Waals surface area contributed by atoms with Crippen LogP contribution in [0.2, 0.25) is 0 Å². The lowest BCUT2D eigenvalue weighted by molar-refractivity contribution is -0.143. The van der Waals surface area contributed by atoms with Gasteiger partial charge in [0.25, 0.3) is 0 Å². The summed E-state index contributed by atoms with van der Waals surface area (Å²) in [4.78, 5) is 23.3. The smallest absolute Gasteiger partial charge is 0.326 e. The van der Waals surface area contributed by atoms with Gasteiger partial charge in [0, 0.05) is 5.56 Å². The minimum absolute atomic E-state index is 0.168. The van der Waals surface area contributed by atoms with E-state index in [2.05, 4.69) is 5.32 Å². The Morgan fingerprint density at radius 2 is 2.05 bits per heavy atom. The van der Waals surface area contributed by atoms with E-state index in [1.807, 2.05) is 18.2 Å². The van der Waals surface area contributed by atoms with Crippen LogP contribution in [0.25, 0.3) is 0 Å². The summed E-state index contributed by atoms with van der Waals surface area (Å²) in [6.07, 6.45) is 0. The number of ether oxygens (including phenoxy) is 1. The Morgan fingerprint density at radius 1 is 1.37 bits per heavy atom. The van der Waals surface area contributed by atoms with E-state index in [-0.39, 0.29) is 18.4 Å². The summed E-state index contributed by atoms with van der Waals surface area (Å²) in [5.74, 6) is -1.23. The molecule has 5 heteroatoms. The lowest BCUT2D eigenvalue weighted by atomic mass is 9.98. The number of para-hydroxylation sites is 1. The fraction of sp³-hybridized carbons (Fsp3) is 0.429. The molecule has 1 aliphatic rings. The fourth-order valence-electron chi connectivity index (χ4n) is 2.15. The molecular formula is C14H17NO4. The minimum Gasteiger partial charge on any atom is -0.492 e. The van der Waals surface area contributed by atoms with E-state index in [0.29, 0.717) is 5.75 Å². The first-order valence-electron chi connectivity index (χ1n) is 6.25. The molecule has 1 aromatic rings. The van der Waals surface area contributed by atoms with Crippen molar-refractivity contribution in [3.05, 3.63) is 29.8 Å². The maximum atomic E-state index is 12.2. The molecule has 0 bridgehead atoms. The summed E-state index contributed by atoms with van der Waals surface area (Å²) in [7, 11) is 0. The van der Waals surface area contributed by atoms with Crippen LogP contribution in [0.4, 0.5) is 0 Å². The molecule has 0 saturated carbocycles. The number of carboxylic acids is 1. The number of carbonyl (C=O) groups excluding carboxylic acids is 1. The number of benzene rings is 1. The van der Waals surface area contributed by atoms with Crippen LogP contribution >= 0.6 is 0 Å². The van der Waals surface area contributed by atoms with Gasteiger partial charge in [0.15, 0.2) is 0 Å². The number of amides is 1. The Hall–Kier alpha value is -2.04. The van der Waals surface area contributed by atoms with Gasteiger partial charge in [0.2, 0.25) is 5.91 Å². The highest BCUT2D eigenvalue weighted by Crippen LogP contribution is 2.33. The lowest BCUT2D eigenvalue weighted by Gasteiger charge is -2.19. The molecule has 5 nitrogen and oxygen atoms in total. The third kappa shape index (κ3) is 2.70. The van der Waals surface area contributed by atoms with Gasteiger partial charge in [-0.3, -0.25) is 4.79 Å². The maximum Gasteiger partial charge on any atom is 0.326 e. The highest BCUT2D eigenvalue weighted by Gasteiger charge is 2.33. The fourth-order valence-corrected chi connectivity index (χ4v) is 2.15. The van der Waals surface area contributed by atoms with Crippen LogP contribution in [0, 0.1) is 5.92 Å². The zero-order valence-corrected chi connectivity index (χ0v) is 10.9. The lowest BCUT2D eigenvalue weighted by Crippen LogP contribution is -2.46. The molecule has 1 amide bonds. The number of nitrogens with one attached hydrogen (secondary N) is 1. The van der Waals surface area contributed by atoms with Gasteiger partial charge in [-0.1, -0.05) is 32.0 Å². The normalized spacial score (nSPS) is 18.6. The quantitative estimate of drug-likeness (QED) is 0.860. The second-order valence-electron chi connectivity index (χ2n) is 4.97. The van der Waals surface area contributed by atoms with Gasteiger partial charge in [-0.15, -0.1) is 0 Å². The molecule has 2 atom stereocenters. The molecule has 2 unspecified atom stereocenters. The van der Waals surface area contributed by atoms with Crippen molar-refractivity contribution < 1.29 is 19.4 Å². The zero-order valence-electron chi connectivity index (χ0n) is 10.9. The van der Waals surface area contributed by atoms with E-state index in [4.69, 9.17) is 9.84 Å². The molecule has 0 aliphatic carbocycles. The first-order valence-corrected chi connectivity index (χ1v) is 6.25. The van der Waals surface area contributed by atoms with Gasteiger partial charge in [0.05, 0.1) is 0 Å². The third-order valence-electron chi connectivity index (χ3n) is 3.25. The van der Waals surface area contributed by atoms with E-state index >= 15 is 0 Å². The first-order chi connectivity index (χ1) is 9.00. The summed E-state index contributed by atoms with van der Waals surface area (Å²) in [5.41, 5.74) is 0.813. The summed E-state index contributed by atoms with van der Waals surface area (Å²) >= 11 is 0. The van der Waals surface area contributed by atoms with Crippen molar-refractivity contribution in [3.8, 4) is 5.75 Å². The molecule has 19 heavy (non-hydrogen) atoms. The Balaban J connectivity index is 2.12. The summed E-state index contributed by atoms with van der Waals surface area (Å²) in [6.45, 7) is 3.78. The van der Waals surface area contributed by atoms with Crippen molar-refractivity contribution in [1.82, 2.24) is 5.32 Å². The monoisotopic (exact) mass is 263 g/mol. The number of aliphatic carboxylic acids is 1. The van der Waals surface area contributed by atoms with Crippen molar-refractivity contribution in [2.45, 2.75) is 25.8 Å². The summed E-state index contributed by atoms with van der Waals surface area (Å²) in [6, 6.07) is 6.44. The van der Waals surface area contributed by atoms with Crippen molar-refractivity contribution >= 4 is 11.9 Å². The Kier molecular flexibility index (Phi) is 3.74. The van der Waals surface area contributed by atoms with E-state index < -0.39 is 17.9 Å². The molecule has 2 N–H and O–H groups in total. The molecule has 0 radical (unpaired) electrons. The molecule has 1 aliphatic heterocycles. The van der Waals surface area contributed by atoms with E-state index in [1.54, 1.807) is 19.9 Å². The van der Waals surface area contributed by atoms with Gasteiger partial charge in [-0.25, -0.2) is 4.79 Å². The average molecular weight is 263 g/mol. The summed E-state index contributed by atoms with van der Waals surface area (Å²) < 4.78 is 5.43. The number of hydrogen-bond donors (Lipinski definition) is 2. The Bertz CT molecular complexity index is 498. The molecular weight excluding hydrogens is 246 g/mol. The van der Waals surface area contributed by atoms with Crippen molar-refractivity contribution in [1.29, 1.82) is 0 Å². The standard InChI is InChI=1S/C14H17NO4/c1-8(2)12(14(17)18)15-13(16)10-7-19-11-6-4-3-5-9(10)11/h3-6,8,10,12H,7H2,1-2H3,(H,15,16)(H,17,18). The van der Waals surface area contributed by atoms with Crippen LogP contribution in [0.15, 0.2) is 24.3 Å². The zero-order chi connectivity index (χ0) is 14.0. The van der Waals surface area contributed by atoms with Crippen molar-refractivity contribution in [2.24, 2.45) is 5.92 Å². The highest BCUT2D eigenvalue weighted by molar-refractivity contribution is 5.89. The van der Waals surface area contributed by atoms with Crippen LogP contribution in [0.3, 0.4) is 0 Å². The number of carbonyl (C=O) groups is 2. The van der Waals surface area contributed by atoms with Crippen LogP contribution in [-0.2, 0) is 9.59 Å². The average Bonchev–Trinajstić information content (AvgIpc) is 2.78. The van der Waals surface area contributed by atoms with Crippen molar-refractivity contribution in [3.63, 3.8) is 0 Å². The van der Waals surface area contributed by atoms with Crippen molar-refractivity contribution in [2.75, 3.05) is 6.61 Å². The highest BCUT2D eigenvalue weighted by atomic mass is 16.5. The Labute approximate surface area is 111 Å². The summed E-state index contributed by atoms with van der Waals surface area (Å²) in [5, 5.41) is 11.7. The SMILES string of the molecule is CC(C)C(NC(=O)C1COc2ccccc21)C(=O)O. The Morgan fingerprint density at radius 3 is 2.68 bits per heavy atom. The molecule has 2 rings (SSSR count). The molecule has 0 fully saturated rings. The van der Waals surface area contributed by atoms with E-state index in [1.165, 1.54) is 0 Å².